The Bertz CT molecular complexity index is 380. The molecule has 1 fully saturated rings. The molecule has 0 aliphatic heterocycles. The molecule has 2 N–H and O–H groups in total. The average Bonchev–Trinajstić information content (AvgIpc) is 2.12. The van der Waals surface area contributed by atoms with Gasteiger partial charge in [-0.25, -0.2) is 0 Å². The van der Waals surface area contributed by atoms with Crippen molar-refractivity contribution in [1.29, 1.82) is 0 Å². The highest BCUT2D eigenvalue weighted by atomic mass is 79.9. The van der Waals surface area contributed by atoms with Crippen LogP contribution in [0.5, 0.6) is 0 Å². The molecule has 1 aromatic carbocycles. The van der Waals surface area contributed by atoms with Crippen molar-refractivity contribution < 1.29 is 0 Å². The zero-order chi connectivity index (χ0) is 11.1. The van der Waals surface area contributed by atoms with Crippen LogP contribution in [0, 0.1) is 6.92 Å². The molecule has 1 nitrogen and oxygen atoms in total. The van der Waals surface area contributed by atoms with Gasteiger partial charge >= 0.3 is 0 Å². The third kappa shape index (κ3) is 1.83. The number of hydrogen-bond donors (Lipinski definition) is 1. The molecule has 82 valence electrons. The van der Waals surface area contributed by atoms with E-state index in [1.165, 1.54) is 30.4 Å². The van der Waals surface area contributed by atoms with Crippen molar-refractivity contribution >= 4 is 27.5 Å². The van der Waals surface area contributed by atoms with Gasteiger partial charge in [-0.05, 0) is 43.0 Å². The van der Waals surface area contributed by atoms with Crippen molar-refractivity contribution in [3.05, 3.63) is 32.8 Å². The van der Waals surface area contributed by atoms with E-state index in [0.29, 0.717) is 0 Å². The minimum absolute atomic E-state index is 0.192. The van der Waals surface area contributed by atoms with Gasteiger partial charge in [-0.15, -0.1) is 0 Å². The number of halogens is 2. The fourth-order valence-corrected chi connectivity index (χ4v) is 3.19. The summed E-state index contributed by atoms with van der Waals surface area (Å²) in [6, 6.07) is 4.12. The summed E-state index contributed by atoms with van der Waals surface area (Å²) in [5.74, 6) is 0. The average molecular weight is 289 g/mol. The van der Waals surface area contributed by atoms with Gasteiger partial charge in [0.05, 0.1) is 0 Å². The molecule has 0 amide bonds. The lowest BCUT2D eigenvalue weighted by Gasteiger charge is -2.42. The molecule has 15 heavy (non-hydrogen) atoms. The zero-order valence-corrected chi connectivity index (χ0v) is 11.2. The van der Waals surface area contributed by atoms with Crippen molar-refractivity contribution in [2.24, 2.45) is 5.73 Å². The Kier molecular flexibility index (Phi) is 3.11. The lowest BCUT2D eigenvalue weighted by molar-refractivity contribution is 0.252. The van der Waals surface area contributed by atoms with E-state index >= 15 is 0 Å². The summed E-state index contributed by atoms with van der Waals surface area (Å²) in [5, 5.41) is 0.833. The Balaban J connectivity index is 2.51. The first-order valence-corrected chi connectivity index (χ1v) is 6.42. The molecule has 0 radical (unpaired) electrons. The molecule has 1 aliphatic rings. The Labute approximate surface area is 104 Å². The van der Waals surface area contributed by atoms with Crippen molar-refractivity contribution in [2.45, 2.75) is 31.6 Å². The van der Waals surface area contributed by atoms with Gasteiger partial charge < -0.3 is 5.73 Å². The monoisotopic (exact) mass is 287 g/mol. The molecule has 2 rings (SSSR count). The van der Waals surface area contributed by atoms with Gasteiger partial charge in [0.15, 0.2) is 0 Å². The number of rotatable bonds is 2. The van der Waals surface area contributed by atoms with Crippen LogP contribution in [0.1, 0.15) is 30.4 Å². The largest absolute Gasteiger partial charge is 0.330 e. The van der Waals surface area contributed by atoms with Crippen LogP contribution in [0.2, 0.25) is 5.02 Å². The molecule has 0 saturated heterocycles. The van der Waals surface area contributed by atoms with Crippen LogP contribution in [0.15, 0.2) is 16.6 Å². The van der Waals surface area contributed by atoms with Gasteiger partial charge in [-0.2, -0.15) is 0 Å². The van der Waals surface area contributed by atoms with Crippen LogP contribution in [-0.2, 0) is 5.41 Å². The molecular weight excluding hydrogens is 273 g/mol. The van der Waals surface area contributed by atoms with Crippen LogP contribution in [-0.4, -0.2) is 6.54 Å². The Morgan fingerprint density at radius 1 is 1.47 bits per heavy atom. The van der Waals surface area contributed by atoms with Crippen LogP contribution < -0.4 is 5.73 Å². The first kappa shape index (κ1) is 11.4. The van der Waals surface area contributed by atoms with Crippen LogP contribution >= 0.6 is 27.5 Å². The minimum atomic E-state index is 0.192. The van der Waals surface area contributed by atoms with Crippen molar-refractivity contribution in [1.82, 2.24) is 0 Å². The van der Waals surface area contributed by atoms with Gasteiger partial charge in [0.2, 0.25) is 0 Å². The number of benzene rings is 1. The Morgan fingerprint density at radius 2 is 2.13 bits per heavy atom. The van der Waals surface area contributed by atoms with E-state index in [2.05, 4.69) is 28.9 Å². The van der Waals surface area contributed by atoms with Gasteiger partial charge in [-0.1, -0.05) is 34.0 Å². The topological polar surface area (TPSA) is 26.0 Å². The second-order valence-corrected chi connectivity index (χ2v) is 5.72. The predicted octanol–water partition coefficient (Wildman–Crippen LogP) is 3.79. The molecule has 1 saturated carbocycles. The maximum absolute atomic E-state index is 6.19. The highest BCUT2D eigenvalue weighted by molar-refractivity contribution is 9.10. The van der Waals surface area contributed by atoms with Crippen LogP contribution in [0.3, 0.4) is 0 Å². The molecular formula is C12H15BrClN. The van der Waals surface area contributed by atoms with Gasteiger partial charge in [0.25, 0.3) is 0 Å². The smallest absolute Gasteiger partial charge is 0.0449 e. The quantitative estimate of drug-likeness (QED) is 0.880. The summed E-state index contributed by atoms with van der Waals surface area (Å²) in [6.07, 6.45) is 3.66. The third-order valence-corrected chi connectivity index (χ3v) is 4.43. The number of nitrogens with two attached hydrogens (primary N) is 1. The van der Waals surface area contributed by atoms with Crippen LogP contribution in [0.25, 0.3) is 0 Å². The Morgan fingerprint density at radius 3 is 2.60 bits per heavy atom. The SMILES string of the molecule is Cc1c(Cl)cc(Br)cc1C1(CN)CCC1. The highest BCUT2D eigenvalue weighted by Crippen LogP contribution is 2.46. The Hall–Kier alpha value is -0.0500. The van der Waals surface area contributed by atoms with Gasteiger partial charge in [0, 0.05) is 21.5 Å². The molecule has 1 aliphatic carbocycles. The molecule has 3 heteroatoms. The van der Waals surface area contributed by atoms with Crippen molar-refractivity contribution in [3.63, 3.8) is 0 Å². The summed E-state index contributed by atoms with van der Waals surface area (Å²) >= 11 is 9.69. The normalized spacial score (nSPS) is 18.7. The third-order valence-electron chi connectivity index (χ3n) is 3.58. The maximum atomic E-state index is 6.19. The van der Waals surface area contributed by atoms with E-state index < -0.39 is 0 Å². The first-order valence-electron chi connectivity index (χ1n) is 5.25. The minimum Gasteiger partial charge on any atom is -0.330 e. The second kappa shape index (κ2) is 4.08. The fourth-order valence-electron chi connectivity index (χ4n) is 2.38. The number of hydrogen-bond acceptors (Lipinski definition) is 1. The molecule has 0 spiro atoms. The van der Waals surface area contributed by atoms with Gasteiger partial charge in [-0.3, -0.25) is 0 Å². The van der Waals surface area contributed by atoms with E-state index in [4.69, 9.17) is 17.3 Å². The van der Waals surface area contributed by atoms with E-state index in [0.717, 1.165) is 16.0 Å². The summed E-state index contributed by atoms with van der Waals surface area (Å²) in [6.45, 7) is 2.81. The van der Waals surface area contributed by atoms with Crippen LogP contribution in [0.4, 0.5) is 0 Å². The molecule has 0 unspecified atom stereocenters. The summed E-state index contributed by atoms with van der Waals surface area (Å²) < 4.78 is 1.05. The molecule has 0 aromatic heterocycles. The lowest BCUT2D eigenvalue weighted by Crippen LogP contribution is -2.42. The molecule has 1 aromatic rings. The van der Waals surface area contributed by atoms with E-state index in [1.807, 2.05) is 6.07 Å². The van der Waals surface area contributed by atoms with E-state index in [9.17, 15) is 0 Å². The van der Waals surface area contributed by atoms with E-state index in [1.54, 1.807) is 0 Å². The molecule has 0 heterocycles. The fraction of sp³-hybridized carbons (Fsp3) is 0.500. The first-order chi connectivity index (χ1) is 7.09. The summed E-state index contributed by atoms with van der Waals surface area (Å²) in [5.41, 5.74) is 8.62. The molecule has 0 atom stereocenters. The van der Waals surface area contributed by atoms with E-state index in [-0.39, 0.29) is 5.41 Å². The zero-order valence-electron chi connectivity index (χ0n) is 8.82. The van der Waals surface area contributed by atoms with Crippen molar-refractivity contribution in [3.8, 4) is 0 Å². The standard InChI is InChI=1S/C12H15BrClN/c1-8-10(5-9(13)6-11(8)14)12(7-15)3-2-4-12/h5-6H,2-4,7,15H2,1H3. The summed E-state index contributed by atoms with van der Waals surface area (Å²) in [7, 11) is 0. The maximum Gasteiger partial charge on any atom is 0.0449 e. The second-order valence-electron chi connectivity index (χ2n) is 4.40. The molecule has 0 bridgehead atoms. The highest BCUT2D eigenvalue weighted by Gasteiger charge is 2.38. The van der Waals surface area contributed by atoms with Gasteiger partial charge in [0.1, 0.15) is 0 Å². The van der Waals surface area contributed by atoms with Crippen molar-refractivity contribution in [2.75, 3.05) is 6.54 Å². The lowest BCUT2D eigenvalue weighted by atomic mass is 9.63. The summed E-state index contributed by atoms with van der Waals surface area (Å²) in [4.78, 5) is 0. The predicted molar refractivity (Wildman–Crippen MR) is 68.5 cm³/mol.